The second-order valence-corrected chi connectivity index (χ2v) is 8.85. The SMILES string of the molecule is CCC(C)C(NC(=O)OCc1ccccc1)C(=O)NC(CC(C)C)C(=O)OCc1ccccc1. The molecule has 0 spiro atoms. The molecular formula is C27H36N2O5. The molecule has 2 amide bonds. The average molecular weight is 469 g/mol. The van der Waals surface area contributed by atoms with Gasteiger partial charge in [0.25, 0.3) is 0 Å². The van der Waals surface area contributed by atoms with Gasteiger partial charge >= 0.3 is 12.1 Å². The van der Waals surface area contributed by atoms with Crippen molar-refractivity contribution in [2.45, 2.75) is 65.8 Å². The Kier molecular flexibility index (Phi) is 11.1. The van der Waals surface area contributed by atoms with Crippen LogP contribution < -0.4 is 10.6 Å². The van der Waals surface area contributed by atoms with Crippen LogP contribution in [0, 0.1) is 11.8 Å². The first-order valence-corrected chi connectivity index (χ1v) is 11.8. The van der Waals surface area contributed by atoms with Crippen LogP contribution in [0.5, 0.6) is 0 Å². The van der Waals surface area contributed by atoms with Gasteiger partial charge in [-0.1, -0.05) is 94.8 Å². The first-order valence-electron chi connectivity index (χ1n) is 11.8. The highest BCUT2D eigenvalue weighted by molar-refractivity contribution is 5.89. The van der Waals surface area contributed by atoms with Crippen LogP contribution in [-0.4, -0.2) is 30.1 Å². The van der Waals surface area contributed by atoms with Crippen LogP contribution in [0.4, 0.5) is 4.79 Å². The molecule has 0 saturated carbocycles. The second kappa shape index (κ2) is 14.0. The molecule has 3 unspecified atom stereocenters. The number of esters is 1. The number of rotatable bonds is 12. The molecule has 0 heterocycles. The van der Waals surface area contributed by atoms with Crippen molar-refractivity contribution in [3.63, 3.8) is 0 Å². The fourth-order valence-corrected chi connectivity index (χ4v) is 3.37. The molecule has 2 aromatic carbocycles. The average Bonchev–Trinajstić information content (AvgIpc) is 2.84. The third-order valence-corrected chi connectivity index (χ3v) is 5.51. The molecule has 2 aromatic rings. The monoisotopic (exact) mass is 468 g/mol. The highest BCUT2D eigenvalue weighted by Gasteiger charge is 2.31. The zero-order valence-corrected chi connectivity index (χ0v) is 20.5. The van der Waals surface area contributed by atoms with Gasteiger partial charge in [-0.25, -0.2) is 9.59 Å². The summed E-state index contributed by atoms with van der Waals surface area (Å²) in [5.41, 5.74) is 1.71. The summed E-state index contributed by atoms with van der Waals surface area (Å²) in [5, 5.41) is 5.46. The highest BCUT2D eigenvalue weighted by atomic mass is 16.5. The maximum atomic E-state index is 13.1. The van der Waals surface area contributed by atoms with Gasteiger partial charge in [-0.05, 0) is 29.4 Å². The van der Waals surface area contributed by atoms with E-state index in [-0.39, 0.29) is 25.0 Å². The van der Waals surface area contributed by atoms with Gasteiger partial charge in [0.05, 0.1) is 0 Å². The smallest absolute Gasteiger partial charge is 0.408 e. The van der Waals surface area contributed by atoms with Crippen LogP contribution in [0.3, 0.4) is 0 Å². The quantitative estimate of drug-likeness (QED) is 0.444. The lowest BCUT2D eigenvalue weighted by Crippen LogP contribution is -2.54. The van der Waals surface area contributed by atoms with Crippen LogP contribution in [0.1, 0.15) is 51.7 Å². The van der Waals surface area contributed by atoms with E-state index in [1.54, 1.807) is 0 Å². The third kappa shape index (κ3) is 9.25. The summed E-state index contributed by atoms with van der Waals surface area (Å²) in [7, 11) is 0. The Bertz CT molecular complexity index is 902. The predicted octanol–water partition coefficient (Wildman–Crippen LogP) is 4.60. The van der Waals surface area contributed by atoms with Crippen LogP contribution >= 0.6 is 0 Å². The van der Waals surface area contributed by atoms with Crippen molar-refractivity contribution in [3.8, 4) is 0 Å². The van der Waals surface area contributed by atoms with Crippen molar-refractivity contribution >= 4 is 18.0 Å². The lowest BCUT2D eigenvalue weighted by molar-refractivity contribution is -0.150. The fourth-order valence-electron chi connectivity index (χ4n) is 3.37. The lowest BCUT2D eigenvalue weighted by atomic mass is 9.97. The molecule has 0 saturated heterocycles. The van der Waals surface area contributed by atoms with E-state index >= 15 is 0 Å². The van der Waals surface area contributed by atoms with Crippen LogP contribution in [0.25, 0.3) is 0 Å². The highest BCUT2D eigenvalue weighted by Crippen LogP contribution is 2.13. The molecule has 2 N–H and O–H groups in total. The molecule has 0 aromatic heterocycles. The Balaban J connectivity index is 2.00. The molecule has 3 atom stereocenters. The maximum absolute atomic E-state index is 13.1. The van der Waals surface area contributed by atoms with Gasteiger partial charge in [0.1, 0.15) is 25.3 Å². The van der Waals surface area contributed by atoms with E-state index in [1.165, 1.54) is 0 Å². The van der Waals surface area contributed by atoms with Crippen molar-refractivity contribution in [1.29, 1.82) is 0 Å². The second-order valence-electron chi connectivity index (χ2n) is 8.85. The Morgan fingerprint density at radius 2 is 1.32 bits per heavy atom. The molecule has 0 aliphatic heterocycles. The third-order valence-electron chi connectivity index (χ3n) is 5.51. The number of ether oxygens (including phenoxy) is 2. The van der Waals surface area contributed by atoms with E-state index in [4.69, 9.17) is 9.47 Å². The van der Waals surface area contributed by atoms with Gasteiger partial charge in [-0.2, -0.15) is 0 Å². The summed E-state index contributed by atoms with van der Waals surface area (Å²) in [6.45, 7) is 7.96. The summed E-state index contributed by atoms with van der Waals surface area (Å²) < 4.78 is 10.7. The largest absolute Gasteiger partial charge is 0.459 e. The van der Waals surface area contributed by atoms with E-state index in [2.05, 4.69) is 10.6 Å². The van der Waals surface area contributed by atoms with Gasteiger partial charge in [0.15, 0.2) is 0 Å². The van der Waals surface area contributed by atoms with Crippen molar-refractivity contribution in [1.82, 2.24) is 10.6 Å². The van der Waals surface area contributed by atoms with Gasteiger partial charge in [0.2, 0.25) is 5.91 Å². The first-order chi connectivity index (χ1) is 16.3. The molecule has 7 heteroatoms. The van der Waals surface area contributed by atoms with Gasteiger partial charge < -0.3 is 20.1 Å². The minimum atomic E-state index is -0.843. The Hall–Kier alpha value is -3.35. The molecule has 0 fully saturated rings. The van der Waals surface area contributed by atoms with E-state index in [0.717, 1.165) is 11.1 Å². The van der Waals surface area contributed by atoms with Gasteiger partial charge in [-0.3, -0.25) is 4.79 Å². The minimum Gasteiger partial charge on any atom is -0.459 e. The van der Waals surface area contributed by atoms with Crippen LogP contribution in [-0.2, 0) is 32.3 Å². The summed E-state index contributed by atoms with van der Waals surface area (Å²) in [4.78, 5) is 38.3. The number of alkyl carbamates (subject to hydrolysis) is 1. The normalized spacial score (nSPS) is 13.4. The van der Waals surface area contributed by atoms with E-state index in [0.29, 0.717) is 12.8 Å². The first kappa shape index (κ1) is 26.9. The maximum Gasteiger partial charge on any atom is 0.408 e. The number of carbonyl (C=O) groups excluding carboxylic acids is 3. The molecule has 0 bridgehead atoms. The van der Waals surface area contributed by atoms with E-state index < -0.39 is 30.1 Å². The zero-order chi connectivity index (χ0) is 24.9. The Labute approximate surface area is 202 Å². The molecule has 0 aliphatic rings. The number of nitrogens with one attached hydrogen (secondary N) is 2. The predicted molar refractivity (Wildman–Crippen MR) is 131 cm³/mol. The molecule has 2 rings (SSSR count). The van der Waals surface area contributed by atoms with Crippen molar-refractivity contribution < 1.29 is 23.9 Å². The lowest BCUT2D eigenvalue weighted by Gasteiger charge is -2.26. The molecule has 0 aliphatic carbocycles. The number of benzene rings is 2. The van der Waals surface area contributed by atoms with Gasteiger partial charge in [-0.15, -0.1) is 0 Å². The Morgan fingerprint density at radius 3 is 1.82 bits per heavy atom. The van der Waals surface area contributed by atoms with Gasteiger partial charge in [0, 0.05) is 0 Å². The zero-order valence-electron chi connectivity index (χ0n) is 20.5. The number of hydrogen-bond donors (Lipinski definition) is 2. The van der Waals surface area contributed by atoms with Crippen LogP contribution in [0.2, 0.25) is 0 Å². The fraction of sp³-hybridized carbons (Fsp3) is 0.444. The summed E-state index contributed by atoms with van der Waals surface area (Å²) in [6, 6.07) is 17.0. The summed E-state index contributed by atoms with van der Waals surface area (Å²) >= 11 is 0. The summed E-state index contributed by atoms with van der Waals surface area (Å²) in [6.07, 6.45) is 0.395. The van der Waals surface area contributed by atoms with Crippen molar-refractivity contribution in [2.24, 2.45) is 11.8 Å². The number of amides is 2. The van der Waals surface area contributed by atoms with E-state index in [9.17, 15) is 14.4 Å². The molecule has 184 valence electrons. The van der Waals surface area contributed by atoms with Crippen LogP contribution in [0.15, 0.2) is 60.7 Å². The minimum absolute atomic E-state index is 0.101. The number of carbonyl (C=O) groups is 3. The van der Waals surface area contributed by atoms with Crippen molar-refractivity contribution in [3.05, 3.63) is 71.8 Å². The molecule has 0 radical (unpaired) electrons. The molecule has 7 nitrogen and oxygen atoms in total. The molecular weight excluding hydrogens is 432 g/mol. The van der Waals surface area contributed by atoms with Crippen molar-refractivity contribution in [2.75, 3.05) is 0 Å². The van der Waals surface area contributed by atoms with E-state index in [1.807, 2.05) is 88.4 Å². The Morgan fingerprint density at radius 1 is 0.794 bits per heavy atom. The molecule has 34 heavy (non-hydrogen) atoms. The topological polar surface area (TPSA) is 93.7 Å². The number of hydrogen-bond acceptors (Lipinski definition) is 5. The summed E-state index contributed by atoms with van der Waals surface area (Å²) in [5.74, 6) is -0.946. The standard InChI is InChI=1S/C27H36N2O5/c1-5-20(4)24(29-27(32)34-18-22-14-10-7-11-15-22)25(30)28-23(16-19(2)3)26(31)33-17-21-12-8-6-9-13-21/h6-15,19-20,23-24H,5,16-18H2,1-4H3,(H,28,30)(H,29,32).